The number of rotatable bonds is 8. The van der Waals surface area contributed by atoms with E-state index in [4.69, 9.17) is 4.74 Å². The van der Waals surface area contributed by atoms with Crippen LogP contribution in [0.5, 0.6) is 5.75 Å². The van der Waals surface area contributed by atoms with Crippen LogP contribution in [0.1, 0.15) is 5.56 Å². The molecule has 0 aliphatic heterocycles. The van der Waals surface area contributed by atoms with Gasteiger partial charge in [-0.25, -0.2) is 12.8 Å². The van der Waals surface area contributed by atoms with E-state index in [9.17, 15) is 27.7 Å². The van der Waals surface area contributed by atoms with E-state index in [2.05, 4.69) is 5.32 Å². The van der Waals surface area contributed by atoms with Crippen molar-refractivity contribution in [3.63, 3.8) is 0 Å². The van der Waals surface area contributed by atoms with E-state index < -0.39 is 33.2 Å². The zero-order chi connectivity index (χ0) is 20.9. The number of nitro benzene ring substituents is 1. The number of carbonyl (C=O) groups excluding carboxylic acids is 1. The fourth-order valence-electron chi connectivity index (χ4n) is 2.36. The van der Waals surface area contributed by atoms with Crippen molar-refractivity contribution in [3.05, 3.63) is 64.0 Å². The molecule has 0 atom stereocenters. The van der Waals surface area contributed by atoms with Crippen LogP contribution in [0.15, 0.2) is 42.5 Å². The molecule has 0 spiro atoms. The molecule has 2 aromatic rings. The number of nitrogens with one attached hydrogen (secondary N) is 1. The van der Waals surface area contributed by atoms with Crippen molar-refractivity contribution in [2.24, 2.45) is 0 Å². The number of anilines is 1. The van der Waals surface area contributed by atoms with E-state index in [0.717, 1.165) is 16.6 Å². The Morgan fingerprint density at radius 3 is 2.54 bits per heavy atom. The predicted octanol–water partition coefficient (Wildman–Crippen LogP) is 2.14. The number of hydrogen-bond acceptors (Lipinski definition) is 6. The Morgan fingerprint density at radius 1 is 1.29 bits per heavy atom. The molecule has 0 fully saturated rings. The number of nitrogens with zero attached hydrogens (tertiary/aromatic N) is 2. The number of ether oxygens (including phenoxy) is 1. The highest BCUT2D eigenvalue weighted by Crippen LogP contribution is 2.28. The van der Waals surface area contributed by atoms with Gasteiger partial charge in [-0.3, -0.25) is 14.9 Å². The number of hydrogen-bond donors (Lipinski definition) is 1. The first-order valence-electron chi connectivity index (χ1n) is 7.92. The molecule has 0 radical (unpaired) electrons. The minimum Gasteiger partial charge on any atom is -0.495 e. The molecule has 2 aromatic carbocycles. The topological polar surface area (TPSA) is 119 Å². The molecule has 0 saturated heterocycles. The van der Waals surface area contributed by atoms with Crippen molar-refractivity contribution in [1.29, 1.82) is 0 Å². The minimum atomic E-state index is -3.84. The van der Waals surface area contributed by atoms with Crippen molar-refractivity contribution in [1.82, 2.24) is 4.31 Å². The van der Waals surface area contributed by atoms with Crippen LogP contribution in [0.3, 0.4) is 0 Å². The Balaban J connectivity index is 2.22. The monoisotopic (exact) mass is 411 g/mol. The molecule has 28 heavy (non-hydrogen) atoms. The van der Waals surface area contributed by atoms with Crippen molar-refractivity contribution in [2.45, 2.75) is 6.54 Å². The number of amides is 1. The van der Waals surface area contributed by atoms with Crippen molar-refractivity contribution in [2.75, 3.05) is 25.2 Å². The number of sulfonamides is 1. The predicted molar refractivity (Wildman–Crippen MR) is 99.9 cm³/mol. The van der Waals surface area contributed by atoms with Gasteiger partial charge < -0.3 is 10.1 Å². The Morgan fingerprint density at radius 2 is 1.96 bits per heavy atom. The van der Waals surface area contributed by atoms with E-state index in [0.29, 0.717) is 0 Å². The van der Waals surface area contributed by atoms with E-state index in [1.807, 2.05) is 0 Å². The number of nitro groups is 1. The first-order chi connectivity index (χ1) is 13.1. The lowest BCUT2D eigenvalue weighted by Crippen LogP contribution is -2.37. The summed E-state index contributed by atoms with van der Waals surface area (Å²) in [5.74, 6) is -1.20. The maximum Gasteiger partial charge on any atom is 0.271 e. The van der Waals surface area contributed by atoms with Gasteiger partial charge >= 0.3 is 0 Å². The number of benzene rings is 2. The summed E-state index contributed by atoms with van der Waals surface area (Å²) in [5.41, 5.74) is -0.155. The third-order valence-corrected chi connectivity index (χ3v) is 4.96. The number of carbonyl (C=O) groups is 1. The molecule has 0 aliphatic rings. The van der Waals surface area contributed by atoms with Crippen LogP contribution in [-0.4, -0.2) is 43.5 Å². The smallest absolute Gasteiger partial charge is 0.271 e. The number of non-ortho nitro benzene ring substituents is 1. The number of methoxy groups -OCH3 is 1. The van der Waals surface area contributed by atoms with Crippen LogP contribution in [-0.2, 0) is 21.4 Å². The highest BCUT2D eigenvalue weighted by molar-refractivity contribution is 7.88. The van der Waals surface area contributed by atoms with Gasteiger partial charge in [-0.2, -0.15) is 4.31 Å². The van der Waals surface area contributed by atoms with Crippen LogP contribution >= 0.6 is 0 Å². The molecular formula is C17H18FN3O6S. The molecule has 0 saturated carbocycles. The fourth-order valence-corrected chi connectivity index (χ4v) is 3.09. The maximum atomic E-state index is 13.8. The second kappa shape index (κ2) is 8.76. The van der Waals surface area contributed by atoms with Crippen LogP contribution in [0, 0.1) is 15.9 Å². The van der Waals surface area contributed by atoms with Gasteiger partial charge in [0.1, 0.15) is 11.6 Å². The third kappa shape index (κ3) is 5.47. The van der Waals surface area contributed by atoms with E-state index >= 15 is 0 Å². The van der Waals surface area contributed by atoms with Gasteiger partial charge in [0.2, 0.25) is 15.9 Å². The Labute approximate surface area is 160 Å². The SMILES string of the molecule is COc1ccc([N+](=O)[O-])cc1NC(=O)CN(Cc1ccccc1F)S(C)(=O)=O. The second-order valence-corrected chi connectivity index (χ2v) is 7.79. The summed E-state index contributed by atoms with van der Waals surface area (Å²) in [6.07, 6.45) is 0.898. The molecule has 0 aromatic heterocycles. The molecule has 2 rings (SSSR count). The molecule has 11 heteroatoms. The van der Waals surface area contributed by atoms with Gasteiger partial charge in [-0.15, -0.1) is 0 Å². The van der Waals surface area contributed by atoms with E-state index in [-0.39, 0.29) is 29.2 Å². The fraction of sp³-hybridized carbons (Fsp3) is 0.235. The van der Waals surface area contributed by atoms with Crippen molar-refractivity contribution >= 4 is 27.3 Å². The number of halogens is 1. The summed E-state index contributed by atoms with van der Waals surface area (Å²) in [4.78, 5) is 22.6. The van der Waals surface area contributed by atoms with Gasteiger partial charge in [0.15, 0.2) is 0 Å². The summed E-state index contributed by atoms with van der Waals surface area (Å²) in [6.45, 7) is -0.954. The van der Waals surface area contributed by atoms with Crippen LogP contribution in [0.4, 0.5) is 15.8 Å². The molecular weight excluding hydrogens is 393 g/mol. The van der Waals surface area contributed by atoms with E-state index in [1.54, 1.807) is 6.07 Å². The first-order valence-corrected chi connectivity index (χ1v) is 9.77. The Bertz CT molecular complexity index is 996. The molecule has 1 N–H and O–H groups in total. The summed E-state index contributed by atoms with van der Waals surface area (Å²) in [6, 6.07) is 9.21. The molecule has 9 nitrogen and oxygen atoms in total. The quantitative estimate of drug-likeness (QED) is 0.525. The molecule has 1 amide bonds. The normalized spacial score (nSPS) is 11.3. The lowest BCUT2D eigenvalue weighted by atomic mass is 10.2. The molecule has 0 unspecified atom stereocenters. The van der Waals surface area contributed by atoms with Gasteiger partial charge in [-0.1, -0.05) is 18.2 Å². The Kier molecular flexibility index (Phi) is 6.65. The molecule has 150 valence electrons. The average Bonchev–Trinajstić information content (AvgIpc) is 2.62. The van der Waals surface area contributed by atoms with Gasteiger partial charge in [-0.05, 0) is 12.1 Å². The lowest BCUT2D eigenvalue weighted by molar-refractivity contribution is -0.384. The van der Waals surface area contributed by atoms with Crippen LogP contribution in [0.25, 0.3) is 0 Å². The zero-order valence-corrected chi connectivity index (χ0v) is 15.9. The van der Waals surface area contributed by atoms with Crippen LogP contribution < -0.4 is 10.1 Å². The summed E-state index contributed by atoms with van der Waals surface area (Å²) >= 11 is 0. The molecule has 0 heterocycles. The second-order valence-electron chi connectivity index (χ2n) is 5.81. The maximum absolute atomic E-state index is 13.8. The lowest BCUT2D eigenvalue weighted by Gasteiger charge is -2.20. The average molecular weight is 411 g/mol. The minimum absolute atomic E-state index is 0.0149. The zero-order valence-electron chi connectivity index (χ0n) is 15.1. The standard InChI is InChI=1S/C17H18FN3O6S/c1-27-16-8-7-13(21(23)24)9-15(16)19-17(22)11-20(28(2,25)26)10-12-5-3-4-6-14(12)18/h3-9H,10-11H2,1-2H3,(H,19,22). The van der Waals surface area contributed by atoms with Crippen molar-refractivity contribution < 1.29 is 27.3 Å². The summed E-state index contributed by atoms with van der Waals surface area (Å²) in [5, 5.41) is 13.3. The Hall–Kier alpha value is -3.05. The first kappa shape index (κ1) is 21.3. The van der Waals surface area contributed by atoms with Crippen molar-refractivity contribution in [3.8, 4) is 5.75 Å². The van der Waals surface area contributed by atoms with Crippen LogP contribution in [0.2, 0.25) is 0 Å². The van der Waals surface area contributed by atoms with E-state index in [1.165, 1.54) is 37.4 Å². The van der Waals surface area contributed by atoms with Gasteiger partial charge in [0.05, 0.1) is 30.5 Å². The highest BCUT2D eigenvalue weighted by atomic mass is 32.2. The largest absolute Gasteiger partial charge is 0.495 e. The van der Waals surface area contributed by atoms with Gasteiger partial charge in [0.25, 0.3) is 5.69 Å². The molecule has 0 aliphatic carbocycles. The summed E-state index contributed by atoms with van der Waals surface area (Å²) < 4.78 is 43.7. The van der Waals surface area contributed by atoms with Gasteiger partial charge in [0, 0.05) is 24.2 Å². The molecule has 0 bridgehead atoms. The third-order valence-electron chi connectivity index (χ3n) is 3.76. The highest BCUT2D eigenvalue weighted by Gasteiger charge is 2.23. The summed E-state index contributed by atoms with van der Waals surface area (Å²) in [7, 11) is -2.52.